The summed E-state index contributed by atoms with van der Waals surface area (Å²) in [5, 5.41) is 2.42. The van der Waals surface area contributed by atoms with Gasteiger partial charge in [0.1, 0.15) is 0 Å². The number of nitrogens with one attached hydrogen (secondary N) is 1. The predicted octanol–water partition coefficient (Wildman–Crippen LogP) is 4.51. The van der Waals surface area contributed by atoms with Gasteiger partial charge in [0.05, 0.1) is 11.1 Å². The first-order chi connectivity index (χ1) is 12.1. The van der Waals surface area contributed by atoms with Gasteiger partial charge in [-0.05, 0) is 62.2 Å². The molecule has 0 heterocycles. The molecule has 0 spiro atoms. The number of halogens is 3. The van der Waals surface area contributed by atoms with Crippen LogP contribution in [0.5, 0.6) is 0 Å². The SMILES string of the molecule is Cc1cccc(C(=O)O[C@H](C)C(=O)Nc2ccc(C(F)(F)F)cc2)c1C. The van der Waals surface area contributed by atoms with Crippen LogP contribution in [0.4, 0.5) is 18.9 Å². The highest BCUT2D eigenvalue weighted by Gasteiger charge is 2.30. The maximum absolute atomic E-state index is 12.5. The van der Waals surface area contributed by atoms with Crippen LogP contribution in [-0.2, 0) is 15.7 Å². The molecule has 7 heteroatoms. The molecule has 0 aliphatic carbocycles. The number of amides is 1. The first kappa shape index (κ1) is 19.5. The molecule has 138 valence electrons. The third-order valence-electron chi connectivity index (χ3n) is 3.96. The van der Waals surface area contributed by atoms with E-state index in [1.54, 1.807) is 19.1 Å². The van der Waals surface area contributed by atoms with Crippen LogP contribution in [0.15, 0.2) is 42.5 Å². The van der Waals surface area contributed by atoms with Gasteiger partial charge in [0.25, 0.3) is 5.91 Å². The van der Waals surface area contributed by atoms with E-state index in [1.807, 2.05) is 13.0 Å². The number of carbonyl (C=O) groups excluding carboxylic acids is 2. The van der Waals surface area contributed by atoms with E-state index in [1.165, 1.54) is 6.92 Å². The average Bonchev–Trinajstić information content (AvgIpc) is 2.56. The summed E-state index contributed by atoms with van der Waals surface area (Å²) in [6.07, 6.45) is -5.55. The number of alkyl halides is 3. The minimum absolute atomic E-state index is 0.178. The Morgan fingerprint density at radius 2 is 1.65 bits per heavy atom. The molecule has 2 aromatic rings. The summed E-state index contributed by atoms with van der Waals surface area (Å²) < 4.78 is 42.7. The minimum atomic E-state index is -4.45. The lowest BCUT2D eigenvalue weighted by Gasteiger charge is -2.15. The van der Waals surface area contributed by atoms with Gasteiger partial charge in [-0.3, -0.25) is 4.79 Å². The molecule has 0 saturated heterocycles. The molecule has 1 atom stereocenters. The molecule has 4 nitrogen and oxygen atoms in total. The zero-order valence-electron chi connectivity index (χ0n) is 14.5. The van der Waals surface area contributed by atoms with Gasteiger partial charge in [0.15, 0.2) is 6.10 Å². The quantitative estimate of drug-likeness (QED) is 0.812. The van der Waals surface area contributed by atoms with Gasteiger partial charge in [-0.1, -0.05) is 12.1 Å². The number of hydrogen-bond acceptors (Lipinski definition) is 3. The zero-order chi connectivity index (χ0) is 19.5. The van der Waals surface area contributed by atoms with Crippen molar-refractivity contribution in [3.63, 3.8) is 0 Å². The number of aryl methyl sites for hydroxylation is 1. The Balaban J connectivity index is 2.01. The summed E-state index contributed by atoms with van der Waals surface area (Å²) in [6.45, 7) is 5.02. The third-order valence-corrected chi connectivity index (χ3v) is 3.96. The molecule has 0 unspecified atom stereocenters. The number of anilines is 1. The van der Waals surface area contributed by atoms with Crippen LogP contribution in [0.3, 0.4) is 0 Å². The molecular formula is C19H18F3NO3. The second kappa shape index (κ2) is 7.59. The Morgan fingerprint density at radius 1 is 1.04 bits per heavy atom. The molecule has 2 rings (SSSR count). The van der Waals surface area contributed by atoms with Crippen molar-refractivity contribution in [1.29, 1.82) is 0 Å². The van der Waals surface area contributed by atoms with Crippen molar-refractivity contribution in [3.8, 4) is 0 Å². The van der Waals surface area contributed by atoms with Crippen LogP contribution in [0.25, 0.3) is 0 Å². The van der Waals surface area contributed by atoms with Crippen LogP contribution in [0.2, 0.25) is 0 Å². The van der Waals surface area contributed by atoms with E-state index in [0.29, 0.717) is 5.56 Å². The van der Waals surface area contributed by atoms with Gasteiger partial charge in [-0.15, -0.1) is 0 Å². The van der Waals surface area contributed by atoms with Gasteiger partial charge in [0.2, 0.25) is 0 Å². The molecule has 1 amide bonds. The summed E-state index contributed by atoms with van der Waals surface area (Å²) in [5.41, 5.74) is 1.40. The number of benzene rings is 2. The van der Waals surface area contributed by atoms with Crippen LogP contribution < -0.4 is 5.32 Å². The molecular weight excluding hydrogens is 347 g/mol. The average molecular weight is 365 g/mol. The fourth-order valence-corrected chi connectivity index (χ4v) is 2.24. The number of esters is 1. The highest BCUT2D eigenvalue weighted by molar-refractivity contribution is 5.97. The highest BCUT2D eigenvalue weighted by atomic mass is 19.4. The standard InChI is InChI=1S/C19H18F3NO3/c1-11-5-4-6-16(12(11)2)18(25)26-13(3)17(24)23-15-9-7-14(8-10-15)19(20,21)22/h4-10,13H,1-3H3,(H,23,24)/t13-/m1/s1. The van der Waals surface area contributed by atoms with Gasteiger partial charge in [-0.2, -0.15) is 13.2 Å². The van der Waals surface area contributed by atoms with Gasteiger partial charge in [-0.25, -0.2) is 4.79 Å². The fraction of sp³-hybridized carbons (Fsp3) is 0.263. The van der Waals surface area contributed by atoms with Crippen molar-refractivity contribution in [1.82, 2.24) is 0 Å². The Kier molecular flexibility index (Phi) is 5.69. The maximum Gasteiger partial charge on any atom is 0.416 e. The van der Waals surface area contributed by atoms with Crippen LogP contribution in [-0.4, -0.2) is 18.0 Å². The monoisotopic (exact) mass is 365 g/mol. The zero-order valence-corrected chi connectivity index (χ0v) is 14.5. The molecule has 0 saturated carbocycles. The summed E-state index contributed by atoms with van der Waals surface area (Å²) in [7, 11) is 0. The molecule has 0 bridgehead atoms. The van der Waals surface area contributed by atoms with Gasteiger partial charge >= 0.3 is 12.1 Å². The van der Waals surface area contributed by atoms with Crippen LogP contribution >= 0.6 is 0 Å². The topological polar surface area (TPSA) is 55.4 Å². The summed E-state index contributed by atoms with van der Waals surface area (Å²) >= 11 is 0. The minimum Gasteiger partial charge on any atom is -0.449 e. The first-order valence-electron chi connectivity index (χ1n) is 7.85. The summed E-state index contributed by atoms with van der Waals surface area (Å²) in [4.78, 5) is 24.3. The third kappa shape index (κ3) is 4.62. The van der Waals surface area contributed by atoms with Gasteiger partial charge < -0.3 is 10.1 Å². The molecule has 0 aliphatic heterocycles. The van der Waals surface area contributed by atoms with Crippen molar-refractivity contribution in [3.05, 3.63) is 64.7 Å². The first-order valence-corrected chi connectivity index (χ1v) is 7.85. The van der Waals surface area contributed by atoms with E-state index in [9.17, 15) is 22.8 Å². The van der Waals surface area contributed by atoms with Crippen molar-refractivity contribution in [2.75, 3.05) is 5.32 Å². The number of ether oxygens (including phenoxy) is 1. The normalized spacial score (nSPS) is 12.4. The Labute approximate surface area is 149 Å². The lowest BCUT2D eigenvalue weighted by molar-refractivity contribution is -0.137. The van der Waals surface area contributed by atoms with E-state index in [0.717, 1.165) is 35.4 Å². The maximum atomic E-state index is 12.5. The smallest absolute Gasteiger partial charge is 0.416 e. The van der Waals surface area contributed by atoms with Crippen LogP contribution in [0, 0.1) is 13.8 Å². The highest BCUT2D eigenvalue weighted by Crippen LogP contribution is 2.29. The molecule has 0 radical (unpaired) electrons. The largest absolute Gasteiger partial charge is 0.449 e. The van der Waals surface area contributed by atoms with E-state index in [2.05, 4.69) is 5.32 Å². The van der Waals surface area contributed by atoms with E-state index in [-0.39, 0.29) is 5.69 Å². The van der Waals surface area contributed by atoms with Crippen molar-refractivity contribution in [2.24, 2.45) is 0 Å². The van der Waals surface area contributed by atoms with Crippen molar-refractivity contribution < 1.29 is 27.5 Å². The molecule has 0 aromatic heterocycles. The van der Waals surface area contributed by atoms with Crippen molar-refractivity contribution in [2.45, 2.75) is 33.1 Å². The molecule has 26 heavy (non-hydrogen) atoms. The van der Waals surface area contributed by atoms with E-state index in [4.69, 9.17) is 4.74 Å². The molecule has 0 aliphatic rings. The second-order valence-electron chi connectivity index (χ2n) is 5.86. The van der Waals surface area contributed by atoms with E-state index < -0.39 is 29.7 Å². The van der Waals surface area contributed by atoms with Gasteiger partial charge in [0, 0.05) is 5.69 Å². The van der Waals surface area contributed by atoms with E-state index >= 15 is 0 Å². The summed E-state index contributed by atoms with van der Waals surface area (Å²) in [6, 6.07) is 9.18. The Morgan fingerprint density at radius 3 is 2.23 bits per heavy atom. The van der Waals surface area contributed by atoms with Crippen LogP contribution in [0.1, 0.15) is 34.0 Å². The Bertz CT molecular complexity index is 814. The van der Waals surface area contributed by atoms with Crippen molar-refractivity contribution >= 4 is 17.6 Å². The Hall–Kier alpha value is -2.83. The molecule has 1 N–H and O–H groups in total. The number of hydrogen-bond donors (Lipinski definition) is 1. The second-order valence-corrected chi connectivity index (χ2v) is 5.86. The number of carbonyl (C=O) groups is 2. The lowest BCUT2D eigenvalue weighted by Crippen LogP contribution is -2.30. The fourth-order valence-electron chi connectivity index (χ4n) is 2.24. The summed E-state index contributed by atoms with van der Waals surface area (Å²) in [5.74, 6) is -1.27. The number of rotatable bonds is 4. The predicted molar refractivity (Wildman–Crippen MR) is 90.9 cm³/mol. The molecule has 0 fully saturated rings. The lowest BCUT2D eigenvalue weighted by atomic mass is 10.0. The molecule has 2 aromatic carbocycles.